The Morgan fingerprint density at radius 3 is 2.79 bits per heavy atom. The first-order chi connectivity index (χ1) is 11.8. The largest absolute Gasteiger partial charge is 0.491 e. The lowest BCUT2D eigenvalue weighted by Crippen LogP contribution is -2.36. The predicted octanol–water partition coefficient (Wildman–Crippen LogP) is 2.75. The molecule has 0 spiro atoms. The Bertz CT molecular complexity index is 451. The summed E-state index contributed by atoms with van der Waals surface area (Å²) < 4.78 is 5.80. The molecule has 1 aliphatic heterocycles. The quantitative estimate of drug-likeness (QED) is 0.634. The molecule has 1 saturated heterocycles. The van der Waals surface area contributed by atoms with E-state index in [0.717, 1.165) is 44.2 Å². The first kappa shape index (κ1) is 19.6. The minimum atomic E-state index is -0.425. The summed E-state index contributed by atoms with van der Waals surface area (Å²) in [4.78, 5) is 2.37. The highest BCUT2D eigenvalue weighted by Crippen LogP contribution is 2.14. The number of thioether (sulfide) groups is 1. The van der Waals surface area contributed by atoms with Crippen molar-refractivity contribution < 1.29 is 9.84 Å². The second kappa shape index (κ2) is 11.7. The molecule has 0 saturated carbocycles. The Morgan fingerprint density at radius 2 is 2.04 bits per heavy atom. The van der Waals surface area contributed by atoms with Crippen LogP contribution in [0.2, 0.25) is 0 Å². The van der Waals surface area contributed by atoms with Crippen LogP contribution in [0.3, 0.4) is 0 Å². The molecule has 1 aliphatic rings. The second-order valence-electron chi connectivity index (χ2n) is 6.50. The Kier molecular flexibility index (Phi) is 9.58. The van der Waals surface area contributed by atoms with Gasteiger partial charge in [-0.25, -0.2) is 0 Å². The molecular formula is C19H32N2O2S. The van der Waals surface area contributed by atoms with E-state index in [1.807, 2.05) is 23.9 Å². The van der Waals surface area contributed by atoms with Gasteiger partial charge in [0.15, 0.2) is 0 Å². The maximum absolute atomic E-state index is 10.2. The van der Waals surface area contributed by atoms with Crippen molar-refractivity contribution in [2.45, 2.75) is 38.3 Å². The van der Waals surface area contributed by atoms with Gasteiger partial charge in [0.1, 0.15) is 18.5 Å². The van der Waals surface area contributed by atoms with Crippen LogP contribution in [-0.2, 0) is 6.54 Å². The lowest BCUT2D eigenvalue weighted by atomic mass is 10.2. The molecule has 0 amide bonds. The molecule has 5 heteroatoms. The number of likely N-dealkylation sites (tertiary alicyclic amines) is 1. The molecule has 1 fully saturated rings. The number of benzene rings is 1. The number of nitrogens with one attached hydrogen (secondary N) is 1. The van der Waals surface area contributed by atoms with Gasteiger partial charge in [0, 0.05) is 25.4 Å². The van der Waals surface area contributed by atoms with E-state index in [1.165, 1.54) is 31.2 Å². The average Bonchev–Trinajstić information content (AvgIpc) is 2.86. The van der Waals surface area contributed by atoms with Gasteiger partial charge < -0.3 is 20.1 Å². The molecule has 1 heterocycles. The maximum Gasteiger partial charge on any atom is 0.119 e. The van der Waals surface area contributed by atoms with Crippen LogP contribution in [0.15, 0.2) is 24.3 Å². The summed E-state index contributed by atoms with van der Waals surface area (Å²) in [5.74, 6) is 1.97. The van der Waals surface area contributed by atoms with Crippen LogP contribution < -0.4 is 10.1 Å². The highest BCUT2D eigenvalue weighted by Gasteiger charge is 2.14. The van der Waals surface area contributed by atoms with Crippen LogP contribution >= 0.6 is 11.8 Å². The standard InChI is InChI=1S/C19H32N2O2S/c1-24-12-9-20-14-17-7-6-8-19(13-17)23-16-18(22)15-21-10-4-2-3-5-11-21/h6-8,13,18,20,22H,2-5,9-12,14-16H2,1H3. The van der Waals surface area contributed by atoms with Gasteiger partial charge in [-0.1, -0.05) is 25.0 Å². The van der Waals surface area contributed by atoms with E-state index in [4.69, 9.17) is 4.74 Å². The number of rotatable bonds is 10. The zero-order valence-corrected chi connectivity index (χ0v) is 15.7. The van der Waals surface area contributed by atoms with Gasteiger partial charge in [0.25, 0.3) is 0 Å². The van der Waals surface area contributed by atoms with Gasteiger partial charge in [-0.2, -0.15) is 11.8 Å². The van der Waals surface area contributed by atoms with Crippen molar-refractivity contribution in [1.29, 1.82) is 0 Å². The number of ether oxygens (including phenoxy) is 1. The fourth-order valence-corrected chi connectivity index (χ4v) is 3.36. The molecule has 1 unspecified atom stereocenters. The van der Waals surface area contributed by atoms with Crippen LogP contribution in [0.1, 0.15) is 31.2 Å². The molecular weight excluding hydrogens is 320 g/mol. The summed E-state index contributed by atoms with van der Waals surface area (Å²) in [5, 5.41) is 13.7. The molecule has 0 bridgehead atoms. The molecule has 24 heavy (non-hydrogen) atoms. The van der Waals surface area contributed by atoms with Crippen molar-refractivity contribution in [2.24, 2.45) is 0 Å². The van der Waals surface area contributed by atoms with Gasteiger partial charge in [-0.15, -0.1) is 0 Å². The molecule has 4 nitrogen and oxygen atoms in total. The minimum absolute atomic E-state index is 0.361. The molecule has 0 aromatic heterocycles. The minimum Gasteiger partial charge on any atom is -0.491 e. The van der Waals surface area contributed by atoms with Crippen LogP contribution in [0.5, 0.6) is 5.75 Å². The lowest BCUT2D eigenvalue weighted by molar-refractivity contribution is 0.0693. The Labute approximate surface area is 151 Å². The highest BCUT2D eigenvalue weighted by atomic mass is 32.2. The summed E-state index contributed by atoms with van der Waals surface area (Å²) >= 11 is 1.85. The van der Waals surface area contributed by atoms with E-state index in [-0.39, 0.29) is 0 Å². The smallest absolute Gasteiger partial charge is 0.119 e. The van der Waals surface area contributed by atoms with Crippen molar-refractivity contribution >= 4 is 11.8 Å². The number of aliphatic hydroxyl groups excluding tert-OH is 1. The number of hydrogen-bond donors (Lipinski definition) is 2. The van der Waals surface area contributed by atoms with Crippen molar-refractivity contribution in [3.63, 3.8) is 0 Å². The van der Waals surface area contributed by atoms with E-state index < -0.39 is 6.10 Å². The molecule has 1 atom stereocenters. The molecule has 0 radical (unpaired) electrons. The summed E-state index contributed by atoms with van der Waals surface area (Å²) in [6, 6.07) is 8.14. The third kappa shape index (κ3) is 7.88. The zero-order chi connectivity index (χ0) is 17.0. The molecule has 1 aromatic carbocycles. The van der Waals surface area contributed by atoms with Crippen LogP contribution in [0, 0.1) is 0 Å². The third-order valence-electron chi connectivity index (χ3n) is 4.32. The summed E-state index contributed by atoms with van der Waals surface area (Å²) in [6.45, 7) is 5.16. The summed E-state index contributed by atoms with van der Waals surface area (Å²) in [6.07, 6.45) is 6.83. The fourth-order valence-electron chi connectivity index (χ4n) is 3.01. The van der Waals surface area contributed by atoms with Crippen molar-refractivity contribution in [3.8, 4) is 5.75 Å². The average molecular weight is 353 g/mol. The number of aliphatic hydroxyl groups is 1. The molecule has 2 rings (SSSR count). The predicted molar refractivity (Wildman–Crippen MR) is 103 cm³/mol. The first-order valence-electron chi connectivity index (χ1n) is 9.10. The number of nitrogens with zero attached hydrogens (tertiary/aromatic N) is 1. The fraction of sp³-hybridized carbons (Fsp3) is 0.684. The second-order valence-corrected chi connectivity index (χ2v) is 7.48. The number of hydrogen-bond acceptors (Lipinski definition) is 5. The van der Waals surface area contributed by atoms with Gasteiger partial charge in [-0.3, -0.25) is 0 Å². The third-order valence-corrected chi connectivity index (χ3v) is 4.93. The maximum atomic E-state index is 10.2. The SMILES string of the molecule is CSCCNCc1cccc(OCC(O)CN2CCCCCC2)c1. The highest BCUT2D eigenvalue weighted by molar-refractivity contribution is 7.98. The monoisotopic (exact) mass is 352 g/mol. The summed E-state index contributed by atoms with van der Waals surface area (Å²) in [7, 11) is 0. The number of β-amino-alcohol motifs (C(OH)–C–C–N with tert-alkyl or cyclic N) is 1. The van der Waals surface area contributed by atoms with Crippen molar-refractivity contribution in [1.82, 2.24) is 10.2 Å². The van der Waals surface area contributed by atoms with Gasteiger partial charge in [0.2, 0.25) is 0 Å². The van der Waals surface area contributed by atoms with E-state index in [0.29, 0.717) is 6.61 Å². The van der Waals surface area contributed by atoms with E-state index in [2.05, 4.69) is 28.6 Å². The molecule has 2 N–H and O–H groups in total. The topological polar surface area (TPSA) is 44.7 Å². The first-order valence-corrected chi connectivity index (χ1v) is 10.5. The molecule has 0 aliphatic carbocycles. The van der Waals surface area contributed by atoms with Crippen molar-refractivity contribution in [3.05, 3.63) is 29.8 Å². The van der Waals surface area contributed by atoms with Gasteiger partial charge >= 0.3 is 0 Å². The van der Waals surface area contributed by atoms with E-state index in [9.17, 15) is 5.11 Å². The van der Waals surface area contributed by atoms with Crippen LogP contribution in [-0.4, -0.2) is 60.9 Å². The Morgan fingerprint density at radius 1 is 1.25 bits per heavy atom. The Balaban J connectivity index is 1.70. The normalized spacial score (nSPS) is 17.4. The Hall–Kier alpha value is -0.750. The van der Waals surface area contributed by atoms with Gasteiger partial charge in [0.05, 0.1) is 0 Å². The van der Waals surface area contributed by atoms with Crippen molar-refractivity contribution in [2.75, 3.05) is 44.8 Å². The van der Waals surface area contributed by atoms with Crippen LogP contribution in [0.4, 0.5) is 0 Å². The lowest BCUT2D eigenvalue weighted by Gasteiger charge is -2.23. The van der Waals surface area contributed by atoms with Crippen LogP contribution in [0.25, 0.3) is 0 Å². The van der Waals surface area contributed by atoms with E-state index in [1.54, 1.807) is 0 Å². The summed E-state index contributed by atoms with van der Waals surface area (Å²) in [5.41, 5.74) is 1.22. The molecule has 1 aromatic rings. The van der Waals surface area contributed by atoms with Gasteiger partial charge in [-0.05, 0) is 49.9 Å². The molecule has 136 valence electrons. The zero-order valence-electron chi connectivity index (χ0n) is 14.9. The van der Waals surface area contributed by atoms with E-state index >= 15 is 0 Å².